The monoisotopic (exact) mass is 361 g/mol. The molecule has 4 aliphatic rings. The van der Waals surface area contributed by atoms with Crippen molar-refractivity contribution < 1.29 is 19.4 Å². The van der Waals surface area contributed by atoms with Gasteiger partial charge < -0.3 is 19.9 Å². The first-order chi connectivity index (χ1) is 11.9. The second kappa shape index (κ2) is 5.00. The third kappa shape index (κ3) is 2.12. The number of amides is 1. The molecule has 2 aliphatic heterocycles. The molecule has 5 nitrogen and oxygen atoms in total. The Hall–Kier alpha value is -1.56. The molecule has 1 aromatic carbocycles. The van der Waals surface area contributed by atoms with Gasteiger partial charge in [0.05, 0.1) is 24.3 Å². The highest BCUT2D eigenvalue weighted by Crippen LogP contribution is 2.50. The van der Waals surface area contributed by atoms with E-state index in [2.05, 4.69) is 5.32 Å². The first-order valence-corrected chi connectivity index (χ1v) is 9.18. The van der Waals surface area contributed by atoms with Crippen LogP contribution in [0.3, 0.4) is 0 Å². The van der Waals surface area contributed by atoms with Crippen LogP contribution in [0.1, 0.15) is 47.9 Å². The van der Waals surface area contributed by atoms with Crippen LogP contribution in [0.15, 0.2) is 11.8 Å². The number of nitrogens with one attached hydrogen (secondary N) is 1. The summed E-state index contributed by atoms with van der Waals surface area (Å²) >= 11 is 6.22. The topological polar surface area (TPSA) is 67.8 Å². The van der Waals surface area contributed by atoms with Gasteiger partial charge in [0.2, 0.25) is 0 Å². The number of hydrogen-bond donors (Lipinski definition) is 2. The molecular weight excluding hydrogens is 342 g/mol. The molecule has 6 heteroatoms. The van der Waals surface area contributed by atoms with Crippen LogP contribution in [0.2, 0.25) is 5.02 Å². The third-order valence-electron chi connectivity index (χ3n) is 6.12. The maximum atomic E-state index is 12.8. The second-order valence-corrected chi connectivity index (χ2v) is 7.96. The van der Waals surface area contributed by atoms with Gasteiger partial charge in [0.25, 0.3) is 5.91 Å². The van der Waals surface area contributed by atoms with Gasteiger partial charge in [-0.2, -0.15) is 0 Å². The van der Waals surface area contributed by atoms with Gasteiger partial charge >= 0.3 is 0 Å². The Morgan fingerprint density at radius 2 is 1.84 bits per heavy atom. The normalized spacial score (nSPS) is 25.6. The van der Waals surface area contributed by atoms with Gasteiger partial charge in [0.15, 0.2) is 5.79 Å². The van der Waals surface area contributed by atoms with Crippen molar-refractivity contribution in [1.29, 1.82) is 0 Å². The molecule has 0 radical (unpaired) electrons. The fourth-order valence-electron chi connectivity index (χ4n) is 4.66. The molecule has 1 saturated heterocycles. The number of aliphatic hydroxyl groups is 1. The molecule has 0 atom stereocenters. The molecule has 25 heavy (non-hydrogen) atoms. The molecule has 132 valence electrons. The molecule has 2 fully saturated rings. The van der Waals surface area contributed by atoms with Gasteiger partial charge in [0, 0.05) is 24.3 Å². The number of aryl methyl sites for hydroxylation is 1. The molecule has 5 rings (SSSR count). The predicted molar refractivity (Wildman–Crippen MR) is 92.5 cm³/mol. The Morgan fingerprint density at radius 1 is 1.16 bits per heavy atom. The standard InChI is InChI=1S/C19H20ClNO4/c1-10-8-13(20)11-9-12(11)14(10)15-16(22)18(21-17(15)23)2-4-19(5-3-18)24-6-7-25-19/h8,22H,2-7,9H2,1H3,(H,21,23). The van der Waals surface area contributed by atoms with Crippen LogP contribution in [0.5, 0.6) is 0 Å². The number of halogens is 1. The van der Waals surface area contributed by atoms with Gasteiger partial charge in [-0.1, -0.05) is 11.6 Å². The van der Waals surface area contributed by atoms with E-state index in [1.807, 2.05) is 13.0 Å². The molecule has 2 spiro atoms. The van der Waals surface area contributed by atoms with E-state index >= 15 is 0 Å². The maximum Gasteiger partial charge on any atom is 0.256 e. The summed E-state index contributed by atoms with van der Waals surface area (Å²) in [6.07, 6.45) is 3.36. The molecule has 2 heterocycles. The van der Waals surface area contributed by atoms with E-state index in [0.29, 0.717) is 44.5 Å². The first-order valence-electron chi connectivity index (χ1n) is 8.80. The highest BCUT2D eigenvalue weighted by Gasteiger charge is 2.53. The molecular formula is C19H20ClNO4. The summed E-state index contributed by atoms with van der Waals surface area (Å²) in [5.41, 5.74) is 3.71. The van der Waals surface area contributed by atoms with Crippen molar-refractivity contribution in [3.05, 3.63) is 39.1 Å². The van der Waals surface area contributed by atoms with Crippen LogP contribution in [0.25, 0.3) is 5.57 Å². The van der Waals surface area contributed by atoms with E-state index in [0.717, 1.165) is 33.7 Å². The quantitative estimate of drug-likeness (QED) is 0.819. The summed E-state index contributed by atoms with van der Waals surface area (Å²) in [6.45, 7) is 3.17. The maximum absolute atomic E-state index is 12.8. The summed E-state index contributed by atoms with van der Waals surface area (Å²) < 4.78 is 11.5. The lowest BCUT2D eigenvalue weighted by molar-refractivity contribution is -0.185. The van der Waals surface area contributed by atoms with E-state index in [9.17, 15) is 9.90 Å². The van der Waals surface area contributed by atoms with Crippen molar-refractivity contribution in [1.82, 2.24) is 5.32 Å². The van der Waals surface area contributed by atoms with Crippen molar-refractivity contribution in [3.8, 4) is 0 Å². The fourth-order valence-corrected chi connectivity index (χ4v) is 5.00. The number of carbonyl (C=O) groups is 1. The van der Waals surface area contributed by atoms with E-state index < -0.39 is 11.3 Å². The number of aliphatic hydroxyl groups excluding tert-OH is 1. The van der Waals surface area contributed by atoms with Crippen molar-refractivity contribution in [2.24, 2.45) is 0 Å². The molecule has 1 amide bonds. The summed E-state index contributed by atoms with van der Waals surface area (Å²) in [6, 6.07) is 1.89. The van der Waals surface area contributed by atoms with Gasteiger partial charge in [-0.25, -0.2) is 0 Å². The Bertz CT molecular complexity index is 825. The Balaban J connectivity index is 1.53. The Labute approximate surface area is 150 Å². The fraction of sp³-hybridized carbons (Fsp3) is 0.526. The lowest BCUT2D eigenvalue weighted by Gasteiger charge is -2.41. The van der Waals surface area contributed by atoms with E-state index in [-0.39, 0.29) is 11.7 Å². The van der Waals surface area contributed by atoms with Crippen LogP contribution in [-0.4, -0.2) is 35.6 Å². The third-order valence-corrected chi connectivity index (χ3v) is 6.46. The van der Waals surface area contributed by atoms with Gasteiger partial charge in [0.1, 0.15) is 5.76 Å². The molecule has 1 aromatic rings. The van der Waals surface area contributed by atoms with Crippen molar-refractivity contribution >= 4 is 23.1 Å². The van der Waals surface area contributed by atoms with Crippen LogP contribution >= 0.6 is 11.6 Å². The zero-order valence-electron chi connectivity index (χ0n) is 14.1. The lowest BCUT2D eigenvalue weighted by atomic mass is 9.77. The zero-order chi connectivity index (χ0) is 17.4. The molecule has 2 N–H and O–H groups in total. The van der Waals surface area contributed by atoms with Crippen molar-refractivity contribution in [2.75, 3.05) is 13.2 Å². The highest BCUT2D eigenvalue weighted by molar-refractivity contribution is 6.33. The number of ether oxygens (including phenoxy) is 2. The molecule has 2 aliphatic carbocycles. The first kappa shape index (κ1) is 15.7. The highest BCUT2D eigenvalue weighted by atomic mass is 35.5. The minimum absolute atomic E-state index is 0.171. The van der Waals surface area contributed by atoms with Gasteiger partial charge in [-0.3, -0.25) is 4.79 Å². The average molecular weight is 362 g/mol. The number of fused-ring (bicyclic) bond motifs is 1. The van der Waals surface area contributed by atoms with E-state index in [4.69, 9.17) is 21.1 Å². The number of benzene rings is 1. The zero-order valence-corrected chi connectivity index (χ0v) is 14.8. The molecule has 0 bridgehead atoms. The van der Waals surface area contributed by atoms with Crippen LogP contribution in [-0.2, 0) is 20.7 Å². The smallest absolute Gasteiger partial charge is 0.256 e. The van der Waals surface area contributed by atoms with E-state index in [1.54, 1.807) is 0 Å². The molecule has 0 aromatic heterocycles. The predicted octanol–water partition coefficient (Wildman–Crippen LogP) is 3.01. The van der Waals surface area contributed by atoms with E-state index in [1.165, 1.54) is 0 Å². The van der Waals surface area contributed by atoms with Gasteiger partial charge in [-0.15, -0.1) is 0 Å². The van der Waals surface area contributed by atoms with Crippen LogP contribution in [0.4, 0.5) is 0 Å². The minimum atomic E-state index is -0.694. The molecule has 0 unspecified atom stereocenters. The molecule has 1 saturated carbocycles. The number of carbonyl (C=O) groups excluding carboxylic acids is 1. The van der Waals surface area contributed by atoms with Crippen molar-refractivity contribution in [3.63, 3.8) is 0 Å². The minimum Gasteiger partial charge on any atom is -0.509 e. The summed E-state index contributed by atoms with van der Waals surface area (Å²) in [4.78, 5) is 12.8. The van der Waals surface area contributed by atoms with Crippen LogP contribution in [0, 0.1) is 6.92 Å². The summed E-state index contributed by atoms with van der Waals surface area (Å²) in [5.74, 6) is -0.548. The van der Waals surface area contributed by atoms with Crippen LogP contribution < -0.4 is 5.32 Å². The SMILES string of the molecule is Cc1cc(Cl)c2c(c1C1=C(O)C3(CCC4(CC3)OCCO4)NC1=O)C2. The Morgan fingerprint density at radius 3 is 2.52 bits per heavy atom. The van der Waals surface area contributed by atoms with Gasteiger partial charge in [-0.05, 0) is 48.1 Å². The summed E-state index contributed by atoms with van der Waals surface area (Å²) in [5, 5.41) is 14.9. The lowest BCUT2D eigenvalue weighted by Crippen LogP contribution is -2.51. The second-order valence-electron chi connectivity index (χ2n) is 7.55. The number of rotatable bonds is 1. The van der Waals surface area contributed by atoms with Crippen molar-refractivity contribution in [2.45, 2.75) is 50.4 Å². The summed E-state index contributed by atoms with van der Waals surface area (Å²) in [7, 11) is 0. The Kier molecular flexibility index (Phi) is 3.13. The largest absolute Gasteiger partial charge is 0.509 e. The number of hydrogen-bond acceptors (Lipinski definition) is 4. The average Bonchev–Trinajstić information content (AvgIpc) is 3.19.